The molecule has 0 atom stereocenters. The zero-order valence-corrected chi connectivity index (χ0v) is 12.8. The normalized spacial score (nSPS) is 11.4. The van der Waals surface area contributed by atoms with E-state index in [1.165, 1.54) is 10.9 Å². The van der Waals surface area contributed by atoms with Crippen LogP contribution in [0.4, 0.5) is 27.9 Å². The van der Waals surface area contributed by atoms with Gasteiger partial charge in [-0.25, -0.2) is 8.78 Å². The van der Waals surface area contributed by atoms with Crippen LogP contribution in [0.3, 0.4) is 0 Å². The maximum absolute atomic E-state index is 13.9. The van der Waals surface area contributed by atoms with Gasteiger partial charge in [-0.1, -0.05) is 18.2 Å². The van der Waals surface area contributed by atoms with Crippen molar-refractivity contribution in [2.45, 2.75) is 6.18 Å². The summed E-state index contributed by atoms with van der Waals surface area (Å²) in [6.07, 6.45) is -3.69. The largest absolute Gasteiger partial charge is 0.416 e. The molecule has 0 spiro atoms. The van der Waals surface area contributed by atoms with Gasteiger partial charge < -0.3 is 0 Å². The van der Waals surface area contributed by atoms with E-state index in [1.54, 1.807) is 30.3 Å². The van der Waals surface area contributed by atoms with Crippen LogP contribution in [0.15, 0.2) is 48.8 Å². The summed E-state index contributed by atoms with van der Waals surface area (Å²) in [6, 6.07) is 8.60. The number of hydrogen-bond donors (Lipinski definition) is 1. The first kappa shape index (κ1) is 17.5. The molecule has 26 heavy (non-hydrogen) atoms. The highest BCUT2D eigenvalue weighted by Gasteiger charge is 2.33. The van der Waals surface area contributed by atoms with Crippen molar-refractivity contribution in [1.29, 1.82) is 0 Å². The Morgan fingerprint density at radius 3 is 2.23 bits per heavy atom. The molecule has 134 valence electrons. The van der Waals surface area contributed by atoms with Crippen molar-refractivity contribution in [1.82, 2.24) is 14.8 Å². The van der Waals surface area contributed by atoms with E-state index in [9.17, 15) is 26.7 Å². The fourth-order valence-electron chi connectivity index (χ4n) is 2.22. The van der Waals surface area contributed by atoms with E-state index in [0.29, 0.717) is 5.69 Å². The van der Waals surface area contributed by atoms with Gasteiger partial charge in [0.25, 0.3) is 5.91 Å². The second-order valence-corrected chi connectivity index (χ2v) is 5.13. The third-order valence-corrected chi connectivity index (χ3v) is 3.40. The molecule has 0 aliphatic heterocycles. The molecule has 0 saturated carbocycles. The Morgan fingerprint density at radius 1 is 1.04 bits per heavy atom. The highest BCUT2D eigenvalue weighted by molar-refractivity contribution is 6.03. The standard InChI is InChI=1S/C16H9F5N4O/c17-11-6-9(16(19,20)21)7-12(18)13(11)14(26)23-15-24-22-8-25(15)10-4-2-1-3-5-10/h1-8H,(H,23,24,26). The average Bonchev–Trinajstić information content (AvgIpc) is 3.02. The lowest BCUT2D eigenvalue weighted by Gasteiger charge is -2.11. The van der Waals surface area contributed by atoms with Crippen LogP contribution in [-0.2, 0) is 6.18 Å². The van der Waals surface area contributed by atoms with Gasteiger partial charge in [-0.05, 0) is 24.3 Å². The van der Waals surface area contributed by atoms with E-state index in [-0.39, 0.29) is 18.1 Å². The van der Waals surface area contributed by atoms with Gasteiger partial charge in [-0.15, -0.1) is 10.2 Å². The molecule has 1 aromatic heterocycles. The summed E-state index contributed by atoms with van der Waals surface area (Å²) in [7, 11) is 0. The second kappa shape index (κ2) is 6.54. The molecule has 1 N–H and O–H groups in total. The molecule has 2 aromatic carbocycles. The van der Waals surface area contributed by atoms with Crippen LogP contribution >= 0.6 is 0 Å². The summed E-state index contributed by atoms with van der Waals surface area (Å²) in [4.78, 5) is 12.1. The highest BCUT2D eigenvalue weighted by Crippen LogP contribution is 2.31. The Labute approximate surface area is 143 Å². The fourth-order valence-corrected chi connectivity index (χ4v) is 2.22. The number of nitrogens with zero attached hydrogens (tertiary/aromatic N) is 3. The smallest absolute Gasteiger partial charge is 0.290 e. The first-order chi connectivity index (χ1) is 12.3. The van der Waals surface area contributed by atoms with Crippen LogP contribution in [0.2, 0.25) is 0 Å². The third kappa shape index (κ3) is 3.39. The van der Waals surface area contributed by atoms with Crippen LogP contribution in [-0.4, -0.2) is 20.7 Å². The van der Waals surface area contributed by atoms with Gasteiger partial charge in [0.05, 0.1) is 11.3 Å². The van der Waals surface area contributed by atoms with Crippen molar-refractivity contribution < 1.29 is 26.7 Å². The second-order valence-electron chi connectivity index (χ2n) is 5.13. The molecule has 3 aromatic rings. The maximum atomic E-state index is 13.9. The lowest BCUT2D eigenvalue weighted by Crippen LogP contribution is -2.19. The monoisotopic (exact) mass is 368 g/mol. The van der Waals surface area contributed by atoms with Crippen LogP contribution in [0.5, 0.6) is 0 Å². The summed E-state index contributed by atoms with van der Waals surface area (Å²) in [6.45, 7) is 0. The summed E-state index contributed by atoms with van der Waals surface area (Å²) < 4.78 is 66.8. The summed E-state index contributed by atoms with van der Waals surface area (Å²) in [5.41, 5.74) is -2.13. The third-order valence-electron chi connectivity index (χ3n) is 3.40. The number of carbonyl (C=O) groups excluding carboxylic acids is 1. The number of nitrogens with one attached hydrogen (secondary N) is 1. The van der Waals surface area contributed by atoms with E-state index in [1.807, 2.05) is 0 Å². The quantitative estimate of drug-likeness (QED) is 0.715. The summed E-state index contributed by atoms with van der Waals surface area (Å²) in [5.74, 6) is -4.72. The highest BCUT2D eigenvalue weighted by atomic mass is 19.4. The zero-order chi connectivity index (χ0) is 18.9. The van der Waals surface area contributed by atoms with Gasteiger partial charge in [0.15, 0.2) is 0 Å². The number of para-hydroxylation sites is 1. The van der Waals surface area contributed by atoms with Gasteiger partial charge in [0.1, 0.15) is 23.5 Å². The average molecular weight is 368 g/mol. The Bertz CT molecular complexity index is 930. The number of hydrogen-bond acceptors (Lipinski definition) is 3. The lowest BCUT2D eigenvalue weighted by atomic mass is 10.1. The van der Waals surface area contributed by atoms with E-state index >= 15 is 0 Å². The number of halogens is 5. The number of amides is 1. The topological polar surface area (TPSA) is 59.8 Å². The number of aromatic nitrogens is 3. The minimum atomic E-state index is -4.94. The van der Waals surface area contributed by atoms with E-state index in [0.717, 1.165) is 0 Å². The van der Waals surface area contributed by atoms with Gasteiger partial charge in [-0.3, -0.25) is 14.7 Å². The van der Waals surface area contributed by atoms with E-state index < -0.39 is 34.8 Å². The maximum Gasteiger partial charge on any atom is 0.416 e. The molecule has 10 heteroatoms. The number of benzene rings is 2. The molecule has 0 aliphatic carbocycles. The molecule has 0 bridgehead atoms. The van der Waals surface area contributed by atoms with Crippen molar-refractivity contribution in [3.05, 3.63) is 71.6 Å². The molecule has 1 heterocycles. The van der Waals surface area contributed by atoms with Crippen LogP contribution in [0.25, 0.3) is 5.69 Å². The van der Waals surface area contributed by atoms with E-state index in [4.69, 9.17) is 0 Å². The Hall–Kier alpha value is -3.30. The molecule has 0 aliphatic rings. The molecule has 1 amide bonds. The van der Waals surface area contributed by atoms with Crippen LogP contribution in [0.1, 0.15) is 15.9 Å². The number of anilines is 1. The minimum absolute atomic E-state index is 0.0555. The number of carbonyl (C=O) groups is 1. The molecule has 5 nitrogen and oxygen atoms in total. The molecular formula is C16H9F5N4O. The Kier molecular flexibility index (Phi) is 4.41. The van der Waals surface area contributed by atoms with Gasteiger partial charge in [-0.2, -0.15) is 13.2 Å². The zero-order valence-electron chi connectivity index (χ0n) is 12.8. The van der Waals surface area contributed by atoms with Crippen molar-refractivity contribution in [3.63, 3.8) is 0 Å². The van der Waals surface area contributed by atoms with Crippen molar-refractivity contribution >= 4 is 11.9 Å². The van der Waals surface area contributed by atoms with Crippen molar-refractivity contribution in [2.75, 3.05) is 5.32 Å². The van der Waals surface area contributed by atoms with Gasteiger partial charge in [0.2, 0.25) is 5.95 Å². The van der Waals surface area contributed by atoms with Gasteiger partial charge in [0, 0.05) is 0 Å². The van der Waals surface area contributed by atoms with Gasteiger partial charge >= 0.3 is 6.18 Å². The fraction of sp³-hybridized carbons (Fsp3) is 0.0625. The summed E-state index contributed by atoms with van der Waals surface area (Å²) in [5, 5.41) is 9.36. The Morgan fingerprint density at radius 2 is 1.65 bits per heavy atom. The van der Waals surface area contributed by atoms with Crippen LogP contribution < -0.4 is 5.32 Å². The minimum Gasteiger partial charge on any atom is -0.290 e. The Balaban J connectivity index is 1.92. The predicted molar refractivity (Wildman–Crippen MR) is 80.7 cm³/mol. The predicted octanol–water partition coefficient (Wildman–Crippen LogP) is 3.82. The van der Waals surface area contributed by atoms with E-state index in [2.05, 4.69) is 15.5 Å². The lowest BCUT2D eigenvalue weighted by molar-refractivity contribution is -0.138. The first-order valence-electron chi connectivity index (χ1n) is 7.10. The molecule has 3 rings (SSSR count). The molecular weight excluding hydrogens is 359 g/mol. The SMILES string of the molecule is O=C(Nc1nncn1-c1ccccc1)c1c(F)cc(C(F)(F)F)cc1F. The van der Waals surface area contributed by atoms with Crippen molar-refractivity contribution in [3.8, 4) is 5.69 Å². The van der Waals surface area contributed by atoms with Crippen LogP contribution in [0, 0.1) is 11.6 Å². The molecule has 0 unspecified atom stereocenters. The number of rotatable bonds is 3. The molecule has 0 fully saturated rings. The molecule has 0 radical (unpaired) electrons. The van der Waals surface area contributed by atoms with Crippen molar-refractivity contribution in [2.24, 2.45) is 0 Å². The molecule has 0 saturated heterocycles. The number of alkyl halides is 3. The summed E-state index contributed by atoms with van der Waals surface area (Å²) >= 11 is 0. The first-order valence-corrected chi connectivity index (χ1v) is 7.10.